The molecule has 1 heterocycles. The van der Waals surface area contributed by atoms with Crippen LogP contribution in [0.5, 0.6) is 0 Å². The molecule has 0 amide bonds. The van der Waals surface area contributed by atoms with Crippen LogP contribution in [0.2, 0.25) is 0 Å². The second kappa shape index (κ2) is 2.98. The molecule has 1 aliphatic heterocycles. The monoisotopic (exact) mass is 208 g/mol. The molecule has 14 heavy (non-hydrogen) atoms. The average molecular weight is 208 g/mol. The first-order chi connectivity index (χ1) is 6.26. The van der Waals surface area contributed by atoms with E-state index in [2.05, 4.69) is 4.99 Å². The summed E-state index contributed by atoms with van der Waals surface area (Å²) in [6.45, 7) is 0. The standard InChI is InChI=1S/C6H7F3N4O/c7-5(8,9)6(14)12-2-1-3(13-6)4(10)11/h1-2,13-14H,(H3,10,11). The number of nitrogens with one attached hydrogen (secondary N) is 2. The minimum atomic E-state index is -4.97. The van der Waals surface area contributed by atoms with Crippen molar-refractivity contribution in [1.82, 2.24) is 5.32 Å². The molecule has 1 unspecified atom stereocenters. The number of hydrogen-bond acceptors (Lipinski definition) is 4. The average Bonchev–Trinajstić information content (AvgIpc) is 2.02. The lowest BCUT2D eigenvalue weighted by Crippen LogP contribution is -2.57. The van der Waals surface area contributed by atoms with Crippen molar-refractivity contribution in [2.24, 2.45) is 10.7 Å². The van der Waals surface area contributed by atoms with E-state index in [-0.39, 0.29) is 5.70 Å². The van der Waals surface area contributed by atoms with Gasteiger partial charge in [-0.05, 0) is 6.08 Å². The van der Waals surface area contributed by atoms with Gasteiger partial charge in [0.05, 0.1) is 5.70 Å². The van der Waals surface area contributed by atoms with Crippen LogP contribution in [0.4, 0.5) is 13.2 Å². The quantitative estimate of drug-likeness (QED) is 0.351. The van der Waals surface area contributed by atoms with Crippen molar-refractivity contribution in [3.8, 4) is 0 Å². The maximum absolute atomic E-state index is 12.2. The lowest BCUT2D eigenvalue weighted by atomic mass is 10.2. The number of nitrogens with two attached hydrogens (primary N) is 1. The van der Waals surface area contributed by atoms with E-state index in [0.717, 1.165) is 12.3 Å². The lowest BCUT2D eigenvalue weighted by molar-refractivity contribution is -0.265. The molecule has 5 nitrogen and oxygen atoms in total. The van der Waals surface area contributed by atoms with Crippen molar-refractivity contribution < 1.29 is 18.3 Å². The Balaban J connectivity index is 2.96. The van der Waals surface area contributed by atoms with Crippen LogP contribution in [0.3, 0.4) is 0 Å². The van der Waals surface area contributed by atoms with Gasteiger partial charge in [0, 0.05) is 6.21 Å². The molecule has 5 N–H and O–H groups in total. The Bertz CT molecular complexity index is 322. The van der Waals surface area contributed by atoms with Gasteiger partial charge < -0.3 is 16.2 Å². The van der Waals surface area contributed by atoms with Crippen molar-refractivity contribution in [1.29, 1.82) is 5.41 Å². The van der Waals surface area contributed by atoms with Crippen LogP contribution >= 0.6 is 0 Å². The third kappa shape index (κ3) is 1.69. The van der Waals surface area contributed by atoms with E-state index < -0.39 is 17.9 Å². The molecule has 0 aromatic rings. The van der Waals surface area contributed by atoms with E-state index in [9.17, 15) is 13.2 Å². The summed E-state index contributed by atoms with van der Waals surface area (Å²) in [7, 11) is 0. The van der Waals surface area contributed by atoms with E-state index in [0.29, 0.717) is 0 Å². The van der Waals surface area contributed by atoms with Gasteiger partial charge in [0.1, 0.15) is 5.84 Å². The largest absolute Gasteiger partial charge is 0.460 e. The Morgan fingerprint density at radius 1 is 1.64 bits per heavy atom. The fourth-order valence-electron chi connectivity index (χ4n) is 0.783. The zero-order valence-corrected chi connectivity index (χ0v) is 6.76. The fourth-order valence-corrected chi connectivity index (χ4v) is 0.783. The summed E-state index contributed by atoms with van der Waals surface area (Å²) >= 11 is 0. The predicted molar refractivity (Wildman–Crippen MR) is 42.6 cm³/mol. The highest BCUT2D eigenvalue weighted by Crippen LogP contribution is 2.30. The van der Waals surface area contributed by atoms with E-state index in [1.54, 1.807) is 5.32 Å². The summed E-state index contributed by atoms with van der Waals surface area (Å²) < 4.78 is 36.6. The zero-order chi connectivity index (χ0) is 11.0. The number of hydrogen-bond donors (Lipinski definition) is 4. The van der Waals surface area contributed by atoms with E-state index in [4.69, 9.17) is 16.2 Å². The first-order valence-electron chi connectivity index (χ1n) is 3.43. The van der Waals surface area contributed by atoms with Gasteiger partial charge in [-0.15, -0.1) is 0 Å². The summed E-state index contributed by atoms with van der Waals surface area (Å²) in [6, 6.07) is 0. The van der Waals surface area contributed by atoms with Crippen LogP contribution in [0.15, 0.2) is 16.8 Å². The molecule has 1 aliphatic rings. The molecule has 0 radical (unpaired) electrons. The number of allylic oxidation sites excluding steroid dienone is 1. The Kier molecular flexibility index (Phi) is 2.24. The molecule has 0 saturated carbocycles. The van der Waals surface area contributed by atoms with Crippen LogP contribution in [0, 0.1) is 5.41 Å². The SMILES string of the molecule is N=C(N)C1=CC=NC(O)(C(F)(F)F)N1. The number of halogens is 3. The molecule has 0 spiro atoms. The Morgan fingerprint density at radius 3 is 2.64 bits per heavy atom. The molecular formula is C6H7F3N4O. The summed E-state index contributed by atoms with van der Waals surface area (Å²) in [6.07, 6.45) is -3.18. The minimum absolute atomic E-state index is 0.333. The third-order valence-electron chi connectivity index (χ3n) is 1.50. The summed E-state index contributed by atoms with van der Waals surface area (Å²) in [4.78, 5) is 2.83. The lowest BCUT2D eigenvalue weighted by Gasteiger charge is -2.30. The maximum atomic E-state index is 12.2. The predicted octanol–water partition coefficient (Wildman–Crippen LogP) is -0.311. The second-order valence-electron chi connectivity index (χ2n) is 2.57. The first kappa shape index (κ1) is 10.5. The maximum Gasteiger partial charge on any atom is 0.460 e. The van der Waals surface area contributed by atoms with Crippen molar-refractivity contribution in [3.05, 3.63) is 11.8 Å². The number of rotatable bonds is 1. The van der Waals surface area contributed by atoms with Gasteiger partial charge in [-0.2, -0.15) is 13.2 Å². The van der Waals surface area contributed by atoms with Crippen LogP contribution in [0.25, 0.3) is 0 Å². The minimum Gasteiger partial charge on any atom is -0.382 e. The van der Waals surface area contributed by atoms with Crippen LogP contribution in [-0.2, 0) is 0 Å². The molecule has 8 heteroatoms. The van der Waals surface area contributed by atoms with Gasteiger partial charge in [0.15, 0.2) is 0 Å². The van der Waals surface area contributed by atoms with Gasteiger partial charge in [0.25, 0.3) is 0 Å². The highest BCUT2D eigenvalue weighted by molar-refractivity contribution is 5.98. The number of alkyl halides is 3. The van der Waals surface area contributed by atoms with Gasteiger partial charge in [-0.25, -0.2) is 4.99 Å². The topological polar surface area (TPSA) is 94.5 Å². The zero-order valence-electron chi connectivity index (χ0n) is 6.76. The molecule has 0 fully saturated rings. The molecule has 0 aromatic carbocycles. The van der Waals surface area contributed by atoms with E-state index in [1.807, 2.05) is 0 Å². The summed E-state index contributed by atoms with van der Waals surface area (Å²) in [5, 5.41) is 17.5. The van der Waals surface area contributed by atoms with Crippen molar-refractivity contribution in [2.75, 3.05) is 0 Å². The molecule has 1 atom stereocenters. The van der Waals surface area contributed by atoms with Crippen LogP contribution in [-0.4, -0.2) is 29.2 Å². The van der Waals surface area contributed by atoms with Gasteiger partial charge in [-0.1, -0.05) is 0 Å². The van der Waals surface area contributed by atoms with E-state index >= 15 is 0 Å². The van der Waals surface area contributed by atoms with Gasteiger partial charge in [0.2, 0.25) is 0 Å². The Hall–Kier alpha value is -1.57. The Labute approximate surface area is 76.6 Å². The number of aliphatic imine (C=N–C) groups is 1. The normalized spacial score (nSPS) is 26.7. The van der Waals surface area contributed by atoms with Gasteiger partial charge >= 0.3 is 12.0 Å². The second-order valence-corrected chi connectivity index (χ2v) is 2.57. The molecule has 0 bridgehead atoms. The number of amidine groups is 1. The molecule has 0 saturated heterocycles. The van der Waals surface area contributed by atoms with Crippen LogP contribution in [0.1, 0.15) is 0 Å². The van der Waals surface area contributed by atoms with Crippen LogP contribution < -0.4 is 11.1 Å². The van der Waals surface area contributed by atoms with E-state index in [1.165, 1.54) is 0 Å². The molecule has 78 valence electrons. The molecule has 1 rings (SSSR count). The van der Waals surface area contributed by atoms with Gasteiger partial charge in [-0.3, -0.25) is 5.41 Å². The molecule has 0 aromatic heterocycles. The fraction of sp³-hybridized carbons (Fsp3) is 0.333. The first-order valence-corrected chi connectivity index (χ1v) is 3.43. The molecule has 0 aliphatic carbocycles. The number of nitrogens with zero attached hydrogens (tertiary/aromatic N) is 1. The Morgan fingerprint density at radius 2 is 2.21 bits per heavy atom. The summed E-state index contributed by atoms with van der Waals surface area (Å²) in [5.74, 6) is -4.01. The highest BCUT2D eigenvalue weighted by atomic mass is 19.4. The molecular weight excluding hydrogens is 201 g/mol. The van der Waals surface area contributed by atoms with Crippen molar-refractivity contribution in [3.63, 3.8) is 0 Å². The van der Waals surface area contributed by atoms with Crippen molar-refractivity contribution >= 4 is 12.1 Å². The third-order valence-corrected chi connectivity index (χ3v) is 1.50. The number of aliphatic hydroxyl groups is 1. The van der Waals surface area contributed by atoms with Crippen molar-refractivity contribution in [2.45, 2.75) is 12.0 Å². The highest BCUT2D eigenvalue weighted by Gasteiger charge is 2.55. The smallest absolute Gasteiger partial charge is 0.382 e. The summed E-state index contributed by atoms with van der Waals surface area (Å²) in [5.41, 5.74) is 4.61.